The number of benzene rings is 1. The van der Waals surface area contributed by atoms with Crippen LogP contribution in [0.1, 0.15) is 62.7 Å². The second-order valence-corrected chi connectivity index (χ2v) is 20.9. The molecule has 1 aromatic heterocycles. The van der Waals surface area contributed by atoms with Gasteiger partial charge in [-0.2, -0.15) is 0 Å². The fourth-order valence-electron chi connectivity index (χ4n) is 5.18. The highest BCUT2D eigenvalue weighted by Gasteiger charge is 2.72. The maximum atomic E-state index is 15.7. The van der Waals surface area contributed by atoms with E-state index in [4.69, 9.17) is 19.2 Å². The third-order valence-corrected chi connectivity index (χ3v) is 10.9. The van der Waals surface area contributed by atoms with Gasteiger partial charge in [-0.3, -0.25) is 14.6 Å². The van der Waals surface area contributed by atoms with Gasteiger partial charge >= 0.3 is 12.1 Å². The van der Waals surface area contributed by atoms with E-state index in [-0.39, 0.29) is 41.8 Å². The van der Waals surface area contributed by atoms with Crippen molar-refractivity contribution in [2.45, 2.75) is 89.0 Å². The van der Waals surface area contributed by atoms with Crippen LogP contribution < -0.4 is 4.74 Å². The van der Waals surface area contributed by atoms with Crippen molar-refractivity contribution in [3.63, 3.8) is 0 Å². The number of thioether (sulfide) groups is 1. The van der Waals surface area contributed by atoms with Crippen LogP contribution in [0.4, 0.5) is 9.18 Å². The van der Waals surface area contributed by atoms with Crippen LogP contribution >= 0.6 is 11.8 Å². The topological polar surface area (TPSA) is 141 Å². The number of Topliss-reactive ketones (excluding diaryl/α,β-unsaturated/α-hetero) is 1. The van der Waals surface area contributed by atoms with E-state index in [0.29, 0.717) is 24.7 Å². The predicted octanol–water partition coefficient (Wildman–Crippen LogP) is 6.15. The van der Waals surface area contributed by atoms with Crippen LogP contribution in [0, 0.1) is 11.7 Å². The second kappa shape index (κ2) is 13.4. The minimum absolute atomic E-state index is 0.0754. The van der Waals surface area contributed by atoms with Crippen LogP contribution in [-0.4, -0.2) is 81.4 Å². The maximum absolute atomic E-state index is 15.7. The van der Waals surface area contributed by atoms with E-state index in [0.717, 1.165) is 17.8 Å². The number of rotatable bonds is 12. The first-order chi connectivity index (χ1) is 21.4. The van der Waals surface area contributed by atoms with Gasteiger partial charge in [-0.15, -0.1) is 0 Å². The molecule has 4 rings (SSSR count). The number of carboxylic acids is 1. The molecule has 0 unspecified atom stereocenters. The number of ketones is 1. The van der Waals surface area contributed by atoms with Gasteiger partial charge in [0.2, 0.25) is 5.88 Å². The van der Waals surface area contributed by atoms with Crippen LogP contribution in [-0.2, 0) is 26.2 Å². The number of aliphatic imine (C=N–C) groups is 1. The summed E-state index contributed by atoms with van der Waals surface area (Å²) in [4.78, 5) is 53.6. The van der Waals surface area contributed by atoms with Crippen molar-refractivity contribution >= 4 is 42.8 Å². The van der Waals surface area contributed by atoms with Gasteiger partial charge < -0.3 is 19.3 Å². The molecule has 1 amide bonds. The smallest absolute Gasteiger partial charge is 0.418 e. The fraction of sp³-hybridized carbons (Fsp3) is 0.562. The summed E-state index contributed by atoms with van der Waals surface area (Å²) in [5.74, 6) is -2.29. The molecule has 1 N–H and O–H groups in total. The number of fused-ring (bicyclic) bond motifs is 1. The summed E-state index contributed by atoms with van der Waals surface area (Å²) in [7, 11) is -1.44. The number of hydrogen-bond donors (Lipinski definition) is 1. The molecule has 0 bridgehead atoms. The van der Waals surface area contributed by atoms with E-state index >= 15 is 4.39 Å². The largest absolute Gasteiger partial charge is 0.480 e. The van der Waals surface area contributed by atoms with Gasteiger partial charge in [0, 0.05) is 32.6 Å². The van der Waals surface area contributed by atoms with Crippen molar-refractivity contribution in [3.8, 4) is 5.88 Å². The second-order valence-electron chi connectivity index (χ2n) is 13.9. The zero-order chi connectivity index (χ0) is 34.1. The zero-order valence-electron chi connectivity index (χ0n) is 27.7. The van der Waals surface area contributed by atoms with Gasteiger partial charge in [-0.05, 0) is 64.8 Å². The Hall–Kier alpha value is -3.36. The Balaban J connectivity index is 1.69. The summed E-state index contributed by atoms with van der Waals surface area (Å²) in [5.41, 5.74) is -1.47. The molecule has 2 heterocycles. The molecule has 1 aliphatic heterocycles. The first kappa shape index (κ1) is 35.5. The maximum Gasteiger partial charge on any atom is 0.418 e. The van der Waals surface area contributed by atoms with Crippen molar-refractivity contribution in [1.82, 2.24) is 14.9 Å². The van der Waals surface area contributed by atoms with E-state index in [1.54, 1.807) is 33.8 Å². The molecule has 1 fully saturated rings. The van der Waals surface area contributed by atoms with Crippen molar-refractivity contribution in [1.29, 1.82) is 0 Å². The number of ether oxygens (including phenoxy) is 3. The summed E-state index contributed by atoms with van der Waals surface area (Å²) in [6.45, 7) is 15.9. The molecule has 2 aliphatic rings. The highest BCUT2D eigenvalue weighted by Crippen LogP contribution is 2.66. The van der Waals surface area contributed by atoms with Gasteiger partial charge in [0.15, 0.2) is 11.0 Å². The number of carbonyl (C=O) groups is 3. The lowest BCUT2D eigenvalue weighted by molar-refractivity contribution is -0.137. The molecular weight excluding hydrogens is 632 g/mol. The summed E-state index contributed by atoms with van der Waals surface area (Å²) < 4.78 is 31.2. The van der Waals surface area contributed by atoms with Crippen LogP contribution in [0.25, 0.3) is 0 Å². The van der Waals surface area contributed by atoms with Crippen molar-refractivity contribution in [2.75, 3.05) is 19.9 Å². The SMILES string of the molecule is CCOc1cnc(C(=O)Cc2ccc(F)c([C@@]3(C)N=C(N(COCC[Si](C)(C)C)C(=O)OC(C)(C)C)S[C@@]4(C(=O)O)C[C@H]43)c2)cn1. The summed E-state index contributed by atoms with van der Waals surface area (Å²) in [6.07, 6.45) is 2.06. The summed E-state index contributed by atoms with van der Waals surface area (Å²) in [5, 5.41) is 10.4. The van der Waals surface area contributed by atoms with Crippen LogP contribution in [0.5, 0.6) is 5.88 Å². The quantitative estimate of drug-likeness (QED) is 0.121. The van der Waals surface area contributed by atoms with Gasteiger partial charge in [0.05, 0.1) is 24.5 Å². The van der Waals surface area contributed by atoms with Crippen molar-refractivity contribution in [2.24, 2.45) is 10.9 Å². The number of carbonyl (C=O) groups excluding carboxylic acids is 2. The molecule has 0 radical (unpaired) electrons. The van der Waals surface area contributed by atoms with Crippen molar-refractivity contribution < 1.29 is 38.1 Å². The molecule has 46 heavy (non-hydrogen) atoms. The molecule has 2 aromatic rings. The lowest BCUT2D eigenvalue weighted by atomic mass is 9.84. The van der Waals surface area contributed by atoms with E-state index < -0.39 is 47.8 Å². The number of aliphatic carboxylic acids is 1. The Morgan fingerprint density at radius 1 is 1.17 bits per heavy atom. The van der Waals surface area contributed by atoms with Gasteiger partial charge in [-0.1, -0.05) is 37.5 Å². The highest BCUT2D eigenvalue weighted by atomic mass is 32.2. The van der Waals surface area contributed by atoms with Crippen LogP contribution in [0.2, 0.25) is 25.7 Å². The first-order valence-electron chi connectivity index (χ1n) is 15.3. The first-order valence-corrected chi connectivity index (χ1v) is 19.8. The molecule has 11 nitrogen and oxygen atoms in total. The Morgan fingerprint density at radius 3 is 2.48 bits per heavy atom. The monoisotopic (exact) mass is 674 g/mol. The molecule has 0 saturated heterocycles. The minimum Gasteiger partial charge on any atom is -0.480 e. The Kier molecular flexibility index (Phi) is 10.3. The van der Waals surface area contributed by atoms with E-state index in [1.165, 1.54) is 29.4 Å². The zero-order valence-corrected chi connectivity index (χ0v) is 29.5. The van der Waals surface area contributed by atoms with Crippen LogP contribution in [0.15, 0.2) is 35.6 Å². The van der Waals surface area contributed by atoms with Gasteiger partial charge in [-0.25, -0.2) is 24.1 Å². The average molecular weight is 675 g/mol. The third-order valence-electron chi connectivity index (χ3n) is 7.76. The molecule has 1 aromatic carbocycles. The average Bonchev–Trinajstić information content (AvgIpc) is 3.70. The number of nitrogens with zero attached hydrogens (tertiary/aromatic N) is 4. The molecule has 250 valence electrons. The molecule has 1 aliphatic carbocycles. The standard InChI is InChI=1S/C32H43FN4O7SSi/c1-9-43-26-18-34-23(17-35-26)24(38)15-20-10-11-22(33)21(14-20)31(5)25-16-32(25,27(39)40)45-28(36-31)37(29(41)44-30(2,3)4)19-42-12-13-46(6,7)8/h10-11,14,17-18,25H,9,12-13,15-16,19H2,1-8H3,(H,39,40)/t25-,31+,32-/m0/s1. The van der Waals surface area contributed by atoms with E-state index in [1.807, 2.05) is 6.92 Å². The van der Waals surface area contributed by atoms with Crippen molar-refractivity contribution in [3.05, 3.63) is 53.2 Å². The predicted molar refractivity (Wildman–Crippen MR) is 176 cm³/mol. The van der Waals surface area contributed by atoms with E-state index in [2.05, 4.69) is 29.6 Å². The number of halogens is 1. The number of amides is 1. The lowest BCUT2D eigenvalue weighted by Crippen LogP contribution is -2.47. The molecule has 1 saturated carbocycles. The Bertz CT molecular complexity index is 1510. The fourth-order valence-corrected chi connectivity index (χ4v) is 7.45. The molecule has 3 atom stereocenters. The summed E-state index contributed by atoms with van der Waals surface area (Å²) in [6, 6.07) is 5.15. The normalized spacial score (nSPS) is 22.4. The number of carboxylic acid groups (broad SMARTS) is 1. The number of aromatic nitrogens is 2. The van der Waals surface area contributed by atoms with Gasteiger partial charge in [0.25, 0.3) is 0 Å². The third kappa shape index (κ3) is 8.13. The van der Waals surface area contributed by atoms with Gasteiger partial charge in [0.1, 0.15) is 28.6 Å². The van der Waals surface area contributed by atoms with Crippen LogP contribution in [0.3, 0.4) is 0 Å². The summed E-state index contributed by atoms with van der Waals surface area (Å²) >= 11 is 0.964. The molecular formula is C32H43FN4O7SSi. The minimum atomic E-state index is -1.44. The Morgan fingerprint density at radius 2 is 1.89 bits per heavy atom. The number of hydrogen-bond acceptors (Lipinski definition) is 10. The van der Waals surface area contributed by atoms with E-state index in [9.17, 15) is 19.5 Å². The highest BCUT2D eigenvalue weighted by molar-refractivity contribution is 8.15. The lowest BCUT2D eigenvalue weighted by Gasteiger charge is -2.37. The number of amidine groups is 1. The molecule has 0 spiro atoms. The molecule has 14 heteroatoms. The Labute approximate surface area is 274 Å².